The monoisotopic (exact) mass is 307 g/mol. The number of rotatable bonds is 3. The second kappa shape index (κ2) is 6.67. The molecule has 6 heteroatoms. The Morgan fingerprint density at radius 2 is 1.90 bits per heavy atom. The van der Waals surface area contributed by atoms with E-state index in [9.17, 15) is 9.18 Å². The Balaban J connectivity index is 2.46. The van der Waals surface area contributed by atoms with Crippen molar-refractivity contribution in [1.82, 2.24) is 9.47 Å². The molecule has 0 aliphatic rings. The van der Waals surface area contributed by atoms with Crippen LogP contribution < -0.4 is 4.80 Å². The Kier molecular flexibility index (Phi) is 4.90. The van der Waals surface area contributed by atoms with E-state index in [-0.39, 0.29) is 11.8 Å². The quantitative estimate of drug-likeness (QED) is 0.857. The third-order valence-corrected chi connectivity index (χ3v) is 4.00. The molecule has 0 atom stereocenters. The lowest BCUT2D eigenvalue weighted by atomic mass is 10.3. The van der Waals surface area contributed by atoms with Gasteiger partial charge in [-0.25, -0.2) is 9.18 Å². The van der Waals surface area contributed by atoms with Gasteiger partial charge in [0.15, 0.2) is 4.80 Å². The van der Waals surface area contributed by atoms with E-state index in [1.165, 1.54) is 23.5 Å². The normalized spacial score (nSPS) is 11.7. The van der Waals surface area contributed by atoms with Crippen molar-refractivity contribution in [1.29, 1.82) is 0 Å². The van der Waals surface area contributed by atoms with Crippen molar-refractivity contribution < 1.29 is 9.18 Å². The van der Waals surface area contributed by atoms with E-state index in [2.05, 4.69) is 4.99 Å². The molecule has 0 saturated heterocycles. The van der Waals surface area contributed by atoms with E-state index in [0.717, 1.165) is 10.6 Å². The van der Waals surface area contributed by atoms with Crippen molar-refractivity contribution in [2.45, 2.75) is 20.8 Å². The van der Waals surface area contributed by atoms with E-state index in [4.69, 9.17) is 0 Å². The first kappa shape index (κ1) is 15.4. The van der Waals surface area contributed by atoms with E-state index < -0.39 is 0 Å². The molecule has 0 aliphatic carbocycles. The summed E-state index contributed by atoms with van der Waals surface area (Å²) in [4.78, 5) is 19.6. The van der Waals surface area contributed by atoms with Gasteiger partial charge in [-0.3, -0.25) is 4.57 Å². The number of halogens is 1. The third kappa shape index (κ3) is 3.58. The van der Waals surface area contributed by atoms with Crippen LogP contribution in [0.3, 0.4) is 0 Å². The Morgan fingerprint density at radius 1 is 1.29 bits per heavy atom. The Bertz CT molecular complexity index is 684. The molecule has 4 nitrogen and oxygen atoms in total. The summed E-state index contributed by atoms with van der Waals surface area (Å²) >= 11 is 1.44. The summed E-state index contributed by atoms with van der Waals surface area (Å²) < 4.78 is 14.8. The largest absolute Gasteiger partial charge is 0.346 e. The van der Waals surface area contributed by atoms with Crippen LogP contribution in [-0.2, 0) is 0 Å². The van der Waals surface area contributed by atoms with Gasteiger partial charge < -0.3 is 4.90 Å². The van der Waals surface area contributed by atoms with Crippen LogP contribution >= 0.6 is 11.3 Å². The van der Waals surface area contributed by atoms with Crippen LogP contribution in [0.15, 0.2) is 35.5 Å². The SMILES string of the molecule is CCN(CC)C(=O)/N=c1\sc(C)cn1-c1ccc(F)cc1. The fourth-order valence-electron chi connectivity index (χ4n) is 1.97. The highest BCUT2D eigenvalue weighted by molar-refractivity contribution is 7.09. The maximum Gasteiger partial charge on any atom is 0.346 e. The maximum absolute atomic E-state index is 13.0. The highest BCUT2D eigenvalue weighted by Gasteiger charge is 2.09. The van der Waals surface area contributed by atoms with Gasteiger partial charge in [0.25, 0.3) is 0 Å². The molecule has 0 unspecified atom stereocenters. The van der Waals surface area contributed by atoms with Gasteiger partial charge in [0.1, 0.15) is 5.82 Å². The molecule has 0 saturated carbocycles. The second-order valence-corrected chi connectivity index (χ2v) is 5.75. The predicted octanol–water partition coefficient (Wildman–Crippen LogP) is 3.35. The van der Waals surface area contributed by atoms with Crippen LogP contribution in [0.2, 0.25) is 0 Å². The molecule has 0 N–H and O–H groups in total. The lowest BCUT2D eigenvalue weighted by Gasteiger charge is -2.14. The van der Waals surface area contributed by atoms with Gasteiger partial charge in [-0.1, -0.05) is 0 Å². The summed E-state index contributed by atoms with van der Waals surface area (Å²) in [5, 5.41) is 0. The minimum Gasteiger partial charge on any atom is -0.323 e. The lowest BCUT2D eigenvalue weighted by molar-refractivity contribution is 0.212. The number of nitrogens with zero attached hydrogens (tertiary/aromatic N) is 3. The second-order valence-electron chi connectivity index (χ2n) is 4.54. The van der Waals surface area contributed by atoms with Crippen LogP contribution in [0, 0.1) is 12.7 Å². The molecule has 0 bridgehead atoms. The highest BCUT2D eigenvalue weighted by atomic mass is 32.1. The zero-order chi connectivity index (χ0) is 15.4. The molecule has 1 aromatic carbocycles. The molecular weight excluding hydrogens is 289 g/mol. The number of urea groups is 1. The molecule has 0 spiro atoms. The van der Waals surface area contributed by atoms with Gasteiger partial charge in [0, 0.05) is 29.9 Å². The molecule has 2 aromatic rings. The maximum atomic E-state index is 13.0. The van der Waals surface area contributed by atoms with Crippen molar-refractivity contribution in [2.75, 3.05) is 13.1 Å². The van der Waals surface area contributed by atoms with Gasteiger partial charge in [-0.15, -0.1) is 11.3 Å². The smallest absolute Gasteiger partial charge is 0.323 e. The van der Waals surface area contributed by atoms with Gasteiger partial charge in [-0.2, -0.15) is 4.99 Å². The molecule has 21 heavy (non-hydrogen) atoms. The first-order chi connectivity index (χ1) is 10.0. The number of hydrogen-bond acceptors (Lipinski definition) is 2. The number of benzene rings is 1. The average molecular weight is 307 g/mol. The highest BCUT2D eigenvalue weighted by Crippen LogP contribution is 2.11. The van der Waals surface area contributed by atoms with Crippen LogP contribution in [-0.4, -0.2) is 28.6 Å². The zero-order valence-corrected chi connectivity index (χ0v) is 13.2. The Morgan fingerprint density at radius 3 is 2.48 bits per heavy atom. The average Bonchev–Trinajstić information content (AvgIpc) is 2.81. The molecule has 0 aliphatic heterocycles. The third-order valence-electron chi connectivity index (χ3n) is 3.10. The molecule has 2 amide bonds. The summed E-state index contributed by atoms with van der Waals surface area (Å²) in [6.07, 6.45) is 1.90. The number of hydrogen-bond donors (Lipinski definition) is 0. The Labute approximate surface area is 127 Å². The number of thiazole rings is 1. The van der Waals surface area contributed by atoms with Crippen LogP contribution in [0.25, 0.3) is 5.69 Å². The molecule has 2 rings (SSSR count). The first-order valence-corrected chi connectivity index (χ1v) is 7.65. The van der Waals surface area contributed by atoms with E-state index in [1.54, 1.807) is 21.6 Å². The van der Waals surface area contributed by atoms with Gasteiger partial charge in [-0.05, 0) is 45.0 Å². The van der Waals surface area contributed by atoms with Crippen LogP contribution in [0.5, 0.6) is 0 Å². The molecule has 0 radical (unpaired) electrons. The molecule has 112 valence electrons. The summed E-state index contributed by atoms with van der Waals surface area (Å²) in [5.41, 5.74) is 0.784. The summed E-state index contributed by atoms with van der Waals surface area (Å²) in [6.45, 7) is 7.04. The predicted molar refractivity (Wildman–Crippen MR) is 82.2 cm³/mol. The lowest BCUT2D eigenvalue weighted by Crippen LogP contribution is -2.30. The summed E-state index contributed by atoms with van der Waals surface area (Å²) in [5.74, 6) is -0.288. The summed E-state index contributed by atoms with van der Waals surface area (Å²) in [6, 6.07) is 5.87. The van der Waals surface area contributed by atoms with Crippen molar-refractivity contribution in [3.8, 4) is 5.69 Å². The molecule has 0 fully saturated rings. The number of amides is 2. The summed E-state index contributed by atoms with van der Waals surface area (Å²) in [7, 11) is 0. The molecular formula is C15H18FN3OS. The van der Waals surface area contributed by atoms with Crippen molar-refractivity contribution >= 4 is 17.4 Å². The number of aryl methyl sites for hydroxylation is 1. The fraction of sp³-hybridized carbons (Fsp3) is 0.333. The van der Waals surface area contributed by atoms with E-state index in [0.29, 0.717) is 17.9 Å². The van der Waals surface area contributed by atoms with Crippen LogP contribution in [0.4, 0.5) is 9.18 Å². The number of aromatic nitrogens is 1. The van der Waals surface area contributed by atoms with Gasteiger partial charge >= 0.3 is 6.03 Å². The van der Waals surface area contributed by atoms with Crippen molar-refractivity contribution in [3.05, 3.63) is 46.0 Å². The van der Waals surface area contributed by atoms with Gasteiger partial charge in [0.05, 0.1) is 0 Å². The van der Waals surface area contributed by atoms with Crippen molar-refractivity contribution in [3.63, 3.8) is 0 Å². The van der Waals surface area contributed by atoms with Gasteiger partial charge in [0.2, 0.25) is 0 Å². The Hall–Kier alpha value is -1.95. The van der Waals surface area contributed by atoms with Crippen LogP contribution in [0.1, 0.15) is 18.7 Å². The minimum atomic E-state index is -0.288. The fourth-order valence-corrected chi connectivity index (χ4v) is 2.79. The standard InChI is InChI=1S/C15H18FN3OS/c1-4-18(5-2)14(20)17-15-19(10-11(3)21-15)13-8-6-12(16)7-9-13/h6-10H,4-5H2,1-3H3/b17-15-. The number of carbonyl (C=O) groups is 1. The first-order valence-electron chi connectivity index (χ1n) is 6.83. The zero-order valence-electron chi connectivity index (χ0n) is 12.3. The van der Waals surface area contributed by atoms with E-state index >= 15 is 0 Å². The topological polar surface area (TPSA) is 37.6 Å². The van der Waals surface area contributed by atoms with Crippen molar-refractivity contribution in [2.24, 2.45) is 4.99 Å². The van der Waals surface area contributed by atoms with E-state index in [1.807, 2.05) is 27.0 Å². The minimum absolute atomic E-state index is 0.252. The number of carbonyl (C=O) groups excluding carboxylic acids is 1. The molecule has 1 heterocycles. The molecule has 1 aromatic heterocycles.